The Morgan fingerprint density at radius 3 is 2.45 bits per heavy atom. The van der Waals surface area contributed by atoms with Crippen LogP contribution in [0.3, 0.4) is 0 Å². The molecular formula is C19H28FN3O6. The molecule has 0 aliphatic carbocycles. The predicted molar refractivity (Wildman–Crippen MR) is 101 cm³/mol. The average molecular weight is 413 g/mol. The van der Waals surface area contributed by atoms with E-state index in [0.717, 1.165) is 4.57 Å². The molecule has 1 saturated heterocycles. The molecule has 0 unspecified atom stereocenters. The van der Waals surface area contributed by atoms with Gasteiger partial charge in [-0.2, -0.15) is 4.98 Å². The number of nitrogens with zero attached hydrogens (tertiary/aromatic N) is 2. The van der Waals surface area contributed by atoms with Crippen molar-refractivity contribution in [1.82, 2.24) is 9.55 Å². The lowest BCUT2D eigenvalue weighted by molar-refractivity contribution is -0.182. The van der Waals surface area contributed by atoms with E-state index in [4.69, 9.17) is 19.9 Å². The third-order valence-electron chi connectivity index (χ3n) is 4.80. The van der Waals surface area contributed by atoms with Crippen molar-refractivity contribution >= 4 is 17.8 Å². The fourth-order valence-electron chi connectivity index (χ4n) is 2.94. The molecule has 2 heterocycles. The molecule has 0 spiro atoms. The number of anilines is 1. The van der Waals surface area contributed by atoms with Gasteiger partial charge in [-0.25, -0.2) is 9.18 Å². The summed E-state index contributed by atoms with van der Waals surface area (Å²) < 4.78 is 33.0. The zero-order chi connectivity index (χ0) is 21.9. The number of halogens is 1. The van der Waals surface area contributed by atoms with Gasteiger partial charge in [0.2, 0.25) is 0 Å². The first-order valence-electron chi connectivity index (χ1n) is 9.56. The molecule has 1 aliphatic heterocycles. The number of esters is 2. The molecule has 29 heavy (non-hydrogen) atoms. The highest BCUT2D eigenvalue weighted by Crippen LogP contribution is 2.43. The van der Waals surface area contributed by atoms with E-state index >= 15 is 4.39 Å². The number of alkyl halides is 1. The molecule has 0 saturated carbocycles. The first-order valence-corrected chi connectivity index (χ1v) is 9.56. The quantitative estimate of drug-likeness (QED) is 0.669. The molecule has 10 heteroatoms. The second-order valence-corrected chi connectivity index (χ2v) is 7.69. The summed E-state index contributed by atoms with van der Waals surface area (Å²) in [5, 5.41) is 0. The normalized spacial score (nSPS) is 26.7. The fourth-order valence-corrected chi connectivity index (χ4v) is 2.94. The fraction of sp³-hybridized carbons (Fsp3) is 0.684. The molecule has 1 aliphatic rings. The van der Waals surface area contributed by atoms with E-state index in [9.17, 15) is 14.4 Å². The van der Waals surface area contributed by atoms with Crippen LogP contribution in [-0.4, -0.2) is 46.0 Å². The third-order valence-corrected chi connectivity index (χ3v) is 4.80. The molecule has 1 fully saturated rings. The van der Waals surface area contributed by atoms with Gasteiger partial charge in [0.15, 0.2) is 18.5 Å². The Labute approximate surface area is 168 Å². The van der Waals surface area contributed by atoms with Crippen molar-refractivity contribution in [2.45, 2.75) is 65.1 Å². The summed E-state index contributed by atoms with van der Waals surface area (Å²) in [6.45, 7) is 7.91. The molecule has 0 amide bonds. The maximum absolute atomic E-state index is 15.4. The second kappa shape index (κ2) is 8.89. The minimum Gasteiger partial charge on any atom is -0.462 e. The van der Waals surface area contributed by atoms with Gasteiger partial charge >= 0.3 is 17.6 Å². The highest BCUT2D eigenvalue weighted by atomic mass is 19.1. The highest BCUT2D eigenvalue weighted by Gasteiger charge is 2.59. The van der Waals surface area contributed by atoms with Gasteiger partial charge in [0.1, 0.15) is 18.0 Å². The Bertz CT molecular complexity index is 811. The number of nitrogen functional groups attached to an aromatic ring is 1. The van der Waals surface area contributed by atoms with Crippen LogP contribution in [0.2, 0.25) is 0 Å². The molecule has 1 aromatic heterocycles. The standard InChI is InChI=1S/C19H28FN3O6/c1-6-19(9-27-16(24)10(2)3)14(28-17(25)11(4)5)13(20)15(29-19)23-8-7-12(21)22-18(23)26/h7-8,10-11,13-15H,6,9H2,1-5H3,(H2,21,22,26)/t13-,14+,15-,19-/m1/s1. The van der Waals surface area contributed by atoms with Gasteiger partial charge in [0.25, 0.3) is 0 Å². The molecule has 0 bridgehead atoms. The highest BCUT2D eigenvalue weighted by molar-refractivity contribution is 5.72. The summed E-state index contributed by atoms with van der Waals surface area (Å²) in [5.74, 6) is -2.05. The first-order chi connectivity index (χ1) is 13.5. The molecule has 1 aromatic rings. The lowest BCUT2D eigenvalue weighted by atomic mass is 9.93. The molecule has 9 nitrogen and oxygen atoms in total. The van der Waals surface area contributed by atoms with Gasteiger partial charge in [-0.05, 0) is 12.5 Å². The number of ether oxygens (including phenoxy) is 3. The minimum absolute atomic E-state index is 0.0185. The van der Waals surface area contributed by atoms with Crippen molar-refractivity contribution < 1.29 is 28.2 Å². The van der Waals surface area contributed by atoms with Crippen molar-refractivity contribution in [2.24, 2.45) is 11.8 Å². The summed E-state index contributed by atoms with van der Waals surface area (Å²) in [5.41, 5.74) is 3.22. The number of hydrogen-bond acceptors (Lipinski definition) is 8. The monoisotopic (exact) mass is 413 g/mol. The molecule has 2 rings (SSSR count). The average Bonchev–Trinajstić information content (AvgIpc) is 2.92. The number of carbonyl (C=O) groups excluding carboxylic acids is 2. The van der Waals surface area contributed by atoms with E-state index in [-0.39, 0.29) is 18.8 Å². The van der Waals surface area contributed by atoms with Crippen LogP contribution in [-0.2, 0) is 23.8 Å². The number of aromatic nitrogens is 2. The van der Waals surface area contributed by atoms with Gasteiger partial charge in [-0.15, -0.1) is 0 Å². The number of hydrogen-bond donors (Lipinski definition) is 1. The topological polar surface area (TPSA) is 123 Å². The Morgan fingerprint density at radius 1 is 1.31 bits per heavy atom. The summed E-state index contributed by atoms with van der Waals surface area (Å²) in [7, 11) is 0. The maximum Gasteiger partial charge on any atom is 0.351 e. The predicted octanol–water partition coefficient (Wildman–Crippen LogP) is 1.61. The lowest BCUT2D eigenvalue weighted by Gasteiger charge is -2.32. The summed E-state index contributed by atoms with van der Waals surface area (Å²) >= 11 is 0. The Kier molecular flexibility index (Phi) is 6.99. The summed E-state index contributed by atoms with van der Waals surface area (Å²) in [4.78, 5) is 39.9. The van der Waals surface area contributed by atoms with Crippen molar-refractivity contribution in [3.63, 3.8) is 0 Å². The van der Waals surface area contributed by atoms with Crippen molar-refractivity contribution in [3.05, 3.63) is 22.7 Å². The van der Waals surface area contributed by atoms with E-state index in [1.54, 1.807) is 34.6 Å². The first kappa shape index (κ1) is 22.8. The Hall–Kier alpha value is -2.49. The van der Waals surface area contributed by atoms with Crippen molar-refractivity contribution in [1.29, 1.82) is 0 Å². The van der Waals surface area contributed by atoms with Gasteiger partial charge in [-0.1, -0.05) is 34.6 Å². The molecule has 162 valence electrons. The smallest absolute Gasteiger partial charge is 0.351 e. The largest absolute Gasteiger partial charge is 0.462 e. The van der Waals surface area contributed by atoms with Crippen LogP contribution in [0.25, 0.3) is 0 Å². The summed E-state index contributed by atoms with van der Waals surface area (Å²) in [6, 6.07) is 1.33. The van der Waals surface area contributed by atoms with Gasteiger partial charge < -0.3 is 19.9 Å². The number of carbonyl (C=O) groups is 2. The number of nitrogens with two attached hydrogens (primary N) is 1. The van der Waals surface area contributed by atoms with Crippen LogP contribution in [0, 0.1) is 11.8 Å². The van der Waals surface area contributed by atoms with Crippen LogP contribution in [0.5, 0.6) is 0 Å². The molecule has 2 N–H and O–H groups in total. The van der Waals surface area contributed by atoms with Gasteiger partial charge in [0.05, 0.1) is 11.8 Å². The Morgan fingerprint density at radius 2 is 1.93 bits per heavy atom. The van der Waals surface area contributed by atoms with E-state index in [2.05, 4.69) is 4.98 Å². The van der Waals surface area contributed by atoms with Crippen LogP contribution in [0.15, 0.2) is 17.1 Å². The van der Waals surface area contributed by atoms with Crippen LogP contribution in [0.4, 0.5) is 10.2 Å². The maximum atomic E-state index is 15.4. The zero-order valence-electron chi connectivity index (χ0n) is 17.3. The SMILES string of the molecule is CC[C@]1(COC(=O)C(C)C)O[C@@H](n2ccc(N)nc2=O)[C@H](F)[C@@H]1OC(=O)C(C)C. The molecule has 0 aromatic carbocycles. The van der Waals surface area contributed by atoms with E-state index in [1.807, 2.05) is 0 Å². The van der Waals surface area contributed by atoms with E-state index < -0.39 is 53.6 Å². The van der Waals surface area contributed by atoms with Gasteiger partial charge in [-0.3, -0.25) is 14.2 Å². The third kappa shape index (κ3) is 4.75. The molecule has 0 radical (unpaired) electrons. The van der Waals surface area contributed by atoms with E-state index in [0.29, 0.717) is 0 Å². The molecule has 4 atom stereocenters. The minimum atomic E-state index is -1.89. The van der Waals surface area contributed by atoms with Crippen LogP contribution in [0.1, 0.15) is 47.3 Å². The zero-order valence-corrected chi connectivity index (χ0v) is 17.3. The Balaban J connectivity index is 2.42. The summed E-state index contributed by atoms with van der Waals surface area (Å²) in [6.07, 6.45) is -3.26. The van der Waals surface area contributed by atoms with Crippen LogP contribution < -0.4 is 11.4 Å². The van der Waals surface area contributed by atoms with E-state index in [1.165, 1.54) is 12.3 Å². The second-order valence-electron chi connectivity index (χ2n) is 7.69. The van der Waals surface area contributed by atoms with Gasteiger partial charge in [0, 0.05) is 6.20 Å². The number of rotatable bonds is 7. The molecular weight excluding hydrogens is 385 g/mol. The lowest BCUT2D eigenvalue weighted by Crippen LogP contribution is -2.49. The van der Waals surface area contributed by atoms with Crippen molar-refractivity contribution in [2.75, 3.05) is 12.3 Å². The van der Waals surface area contributed by atoms with Crippen molar-refractivity contribution in [3.8, 4) is 0 Å². The van der Waals surface area contributed by atoms with Crippen LogP contribution >= 0.6 is 0 Å².